The van der Waals surface area contributed by atoms with Crippen LogP contribution in [0.1, 0.15) is 46.5 Å². The highest BCUT2D eigenvalue weighted by Gasteiger charge is 2.21. The van der Waals surface area contributed by atoms with Gasteiger partial charge in [0.15, 0.2) is 5.96 Å². The largest absolute Gasteiger partial charge is 0.357 e. The molecule has 2 rings (SSSR count). The Morgan fingerprint density at radius 3 is 2.48 bits per heavy atom. The summed E-state index contributed by atoms with van der Waals surface area (Å²) in [5.41, 5.74) is 0.764. The number of amides is 1. The Kier molecular flexibility index (Phi) is 12.6. The summed E-state index contributed by atoms with van der Waals surface area (Å²) < 4.78 is 0. The van der Waals surface area contributed by atoms with Crippen molar-refractivity contribution in [1.29, 1.82) is 0 Å². The molecule has 1 aromatic rings. The Morgan fingerprint density at radius 2 is 1.90 bits per heavy atom. The average Bonchev–Trinajstić information content (AvgIpc) is 2.67. The average molecular weight is 536 g/mol. The van der Waals surface area contributed by atoms with Gasteiger partial charge in [0.2, 0.25) is 5.91 Å². The minimum atomic E-state index is -0.00320. The molecule has 0 aromatic heterocycles. The van der Waals surface area contributed by atoms with E-state index in [0.29, 0.717) is 36.5 Å². The van der Waals surface area contributed by atoms with Crippen LogP contribution in [0.3, 0.4) is 0 Å². The van der Waals surface area contributed by atoms with Crippen molar-refractivity contribution in [2.75, 3.05) is 31.5 Å². The van der Waals surface area contributed by atoms with Gasteiger partial charge in [-0.3, -0.25) is 9.79 Å². The van der Waals surface area contributed by atoms with Gasteiger partial charge < -0.3 is 20.9 Å². The predicted molar refractivity (Wildman–Crippen MR) is 134 cm³/mol. The van der Waals surface area contributed by atoms with Crippen LogP contribution in [0.4, 0.5) is 5.69 Å². The van der Waals surface area contributed by atoms with E-state index in [0.717, 1.165) is 44.1 Å². The lowest BCUT2D eigenvalue weighted by Gasteiger charge is -2.35. The SMILES string of the molecule is CCNC(=NCCCC(=O)Nc1ccc(Cl)cc1)NC1CCN(C(C)C)CC1.I. The highest BCUT2D eigenvalue weighted by Crippen LogP contribution is 2.14. The van der Waals surface area contributed by atoms with Crippen LogP contribution < -0.4 is 16.0 Å². The lowest BCUT2D eigenvalue weighted by Crippen LogP contribution is -2.49. The molecular weight excluding hydrogens is 501 g/mol. The van der Waals surface area contributed by atoms with Gasteiger partial charge in [-0.25, -0.2) is 0 Å². The van der Waals surface area contributed by atoms with E-state index in [1.165, 1.54) is 0 Å². The van der Waals surface area contributed by atoms with Crippen molar-refractivity contribution in [1.82, 2.24) is 15.5 Å². The zero-order valence-corrected chi connectivity index (χ0v) is 20.8. The first-order valence-electron chi connectivity index (χ1n) is 10.3. The van der Waals surface area contributed by atoms with E-state index in [2.05, 4.69) is 46.6 Å². The van der Waals surface area contributed by atoms with Crippen LogP contribution in [0.15, 0.2) is 29.3 Å². The monoisotopic (exact) mass is 535 g/mol. The molecule has 0 aliphatic carbocycles. The number of hydrogen-bond acceptors (Lipinski definition) is 3. The molecule has 3 N–H and O–H groups in total. The molecule has 0 radical (unpaired) electrons. The molecule has 1 fully saturated rings. The molecule has 0 unspecified atom stereocenters. The van der Waals surface area contributed by atoms with E-state index in [4.69, 9.17) is 11.6 Å². The highest BCUT2D eigenvalue weighted by molar-refractivity contribution is 14.0. The smallest absolute Gasteiger partial charge is 0.224 e. The van der Waals surface area contributed by atoms with E-state index < -0.39 is 0 Å². The summed E-state index contributed by atoms with van der Waals surface area (Å²) in [6, 6.07) is 8.21. The molecule has 1 saturated heterocycles. The fourth-order valence-electron chi connectivity index (χ4n) is 3.26. The van der Waals surface area contributed by atoms with Crippen molar-refractivity contribution in [3.8, 4) is 0 Å². The third-order valence-electron chi connectivity index (χ3n) is 4.90. The summed E-state index contributed by atoms with van der Waals surface area (Å²) in [5, 5.41) is 10.4. The number of nitrogens with one attached hydrogen (secondary N) is 3. The first kappa shape index (κ1) is 26.0. The number of likely N-dealkylation sites (tertiary alicyclic amines) is 1. The number of hydrogen-bond donors (Lipinski definition) is 3. The fourth-order valence-corrected chi connectivity index (χ4v) is 3.39. The molecule has 1 amide bonds. The molecule has 1 aliphatic heterocycles. The Balaban J connectivity index is 0.00000420. The van der Waals surface area contributed by atoms with Crippen molar-refractivity contribution >= 4 is 53.1 Å². The van der Waals surface area contributed by atoms with Crippen LogP contribution in [0.5, 0.6) is 0 Å². The number of nitrogens with zero attached hydrogens (tertiary/aromatic N) is 2. The molecule has 164 valence electrons. The first-order valence-corrected chi connectivity index (χ1v) is 10.7. The predicted octanol–water partition coefficient (Wildman–Crippen LogP) is 4.10. The van der Waals surface area contributed by atoms with E-state index in [9.17, 15) is 4.79 Å². The first-order chi connectivity index (χ1) is 13.5. The fraction of sp³-hybridized carbons (Fsp3) is 0.619. The molecule has 0 spiro atoms. The number of aliphatic imine (C=N–C) groups is 1. The van der Waals surface area contributed by atoms with Gasteiger partial charge in [-0.15, -0.1) is 24.0 Å². The molecular formula is C21H35ClIN5O. The number of benzene rings is 1. The molecule has 0 bridgehead atoms. The number of guanidine groups is 1. The lowest BCUT2D eigenvalue weighted by atomic mass is 10.0. The number of piperidine rings is 1. The summed E-state index contributed by atoms with van der Waals surface area (Å²) >= 11 is 5.85. The molecule has 1 aliphatic rings. The standard InChI is InChI=1S/C21H34ClN5O.HI/c1-4-23-21(26-19-11-14-27(15-12-19)16(2)3)24-13-5-6-20(28)25-18-9-7-17(22)8-10-18;/h7-10,16,19H,4-6,11-15H2,1-3H3,(H,25,28)(H2,23,24,26);1H. The molecule has 29 heavy (non-hydrogen) atoms. The Morgan fingerprint density at radius 1 is 1.24 bits per heavy atom. The van der Waals surface area contributed by atoms with Crippen LogP contribution in [0.25, 0.3) is 0 Å². The molecule has 8 heteroatoms. The maximum absolute atomic E-state index is 12.0. The number of halogens is 2. The van der Waals surface area contributed by atoms with Gasteiger partial charge in [-0.1, -0.05) is 11.6 Å². The normalized spacial score (nSPS) is 15.7. The Labute approximate surface area is 197 Å². The number of carbonyl (C=O) groups excluding carboxylic acids is 1. The topological polar surface area (TPSA) is 68.8 Å². The Bertz CT molecular complexity index is 630. The third kappa shape index (κ3) is 10.00. The summed E-state index contributed by atoms with van der Waals surface area (Å²) in [6.07, 6.45) is 3.41. The third-order valence-corrected chi connectivity index (χ3v) is 5.16. The second kappa shape index (κ2) is 14.0. The second-order valence-electron chi connectivity index (χ2n) is 7.47. The van der Waals surface area contributed by atoms with Crippen molar-refractivity contribution in [2.45, 2.75) is 58.5 Å². The van der Waals surface area contributed by atoms with Gasteiger partial charge in [0.05, 0.1) is 0 Å². The van der Waals surface area contributed by atoms with Crippen LogP contribution >= 0.6 is 35.6 Å². The molecule has 6 nitrogen and oxygen atoms in total. The van der Waals surface area contributed by atoms with Crippen molar-refractivity contribution in [2.24, 2.45) is 4.99 Å². The van der Waals surface area contributed by atoms with Crippen molar-refractivity contribution in [3.63, 3.8) is 0 Å². The van der Waals surface area contributed by atoms with Crippen LogP contribution in [0, 0.1) is 0 Å². The van der Waals surface area contributed by atoms with Gasteiger partial charge >= 0.3 is 0 Å². The number of carbonyl (C=O) groups is 1. The summed E-state index contributed by atoms with van der Waals surface area (Å²) in [7, 11) is 0. The van der Waals surface area contributed by atoms with Crippen LogP contribution in [0.2, 0.25) is 5.02 Å². The zero-order chi connectivity index (χ0) is 20.4. The molecule has 1 heterocycles. The minimum Gasteiger partial charge on any atom is -0.357 e. The molecule has 1 aromatic carbocycles. The number of anilines is 1. The summed E-state index contributed by atoms with van der Waals surface area (Å²) in [4.78, 5) is 19.2. The van der Waals surface area contributed by atoms with E-state index >= 15 is 0 Å². The van der Waals surface area contributed by atoms with Gasteiger partial charge in [0.25, 0.3) is 0 Å². The van der Waals surface area contributed by atoms with Crippen molar-refractivity contribution in [3.05, 3.63) is 29.3 Å². The lowest BCUT2D eigenvalue weighted by molar-refractivity contribution is -0.116. The van der Waals surface area contributed by atoms with Crippen LogP contribution in [-0.2, 0) is 4.79 Å². The summed E-state index contributed by atoms with van der Waals surface area (Å²) in [6.45, 7) is 10.3. The highest BCUT2D eigenvalue weighted by atomic mass is 127. The Hall–Kier alpha value is -1.06. The molecule has 0 saturated carbocycles. The van der Waals surface area contributed by atoms with Gasteiger partial charge in [0, 0.05) is 55.4 Å². The maximum Gasteiger partial charge on any atom is 0.224 e. The number of rotatable bonds is 8. The summed E-state index contributed by atoms with van der Waals surface area (Å²) in [5.74, 6) is 0.847. The quantitative estimate of drug-likeness (QED) is 0.203. The van der Waals surface area contributed by atoms with Crippen molar-refractivity contribution < 1.29 is 4.79 Å². The van der Waals surface area contributed by atoms with Gasteiger partial charge in [-0.2, -0.15) is 0 Å². The minimum absolute atomic E-state index is 0. The second-order valence-corrected chi connectivity index (χ2v) is 7.90. The van der Waals surface area contributed by atoms with Crippen LogP contribution in [-0.4, -0.2) is 55.0 Å². The van der Waals surface area contributed by atoms with Gasteiger partial charge in [0.1, 0.15) is 0 Å². The van der Waals surface area contributed by atoms with E-state index in [1.807, 2.05) is 0 Å². The van der Waals surface area contributed by atoms with E-state index in [-0.39, 0.29) is 29.9 Å². The molecule has 0 atom stereocenters. The van der Waals surface area contributed by atoms with Gasteiger partial charge in [-0.05, 0) is 64.3 Å². The zero-order valence-electron chi connectivity index (χ0n) is 17.7. The maximum atomic E-state index is 12.0. The van der Waals surface area contributed by atoms with E-state index in [1.54, 1.807) is 24.3 Å².